The van der Waals surface area contributed by atoms with Gasteiger partial charge in [0.15, 0.2) is 9.84 Å². The van der Waals surface area contributed by atoms with Gasteiger partial charge in [0.1, 0.15) is 11.6 Å². The van der Waals surface area contributed by atoms with E-state index in [4.69, 9.17) is 4.74 Å². The summed E-state index contributed by atoms with van der Waals surface area (Å²) in [6, 6.07) is 10.1. The molecule has 2 aromatic rings. The van der Waals surface area contributed by atoms with Crippen molar-refractivity contribution >= 4 is 15.7 Å². The third kappa shape index (κ3) is 3.90. The Kier molecular flexibility index (Phi) is 4.87. The zero-order chi connectivity index (χ0) is 19.9. The Morgan fingerprint density at radius 1 is 1.18 bits per heavy atom. The highest BCUT2D eigenvalue weighted by atomic mass is 32.2. The third-order valence-corrected chi connectivity index (χ3v) is 7.25. The fraction of sp³-hybridized carbons (Fsp3) is 0.381. The Balaban J connectivity index is 1.47. The smallest absolute Gasteiger partial charge is 0.254 e. The molecule has 148 valence electrons. The van der Waals surface area contributed by atoms with Crippen LogP contribution in [0.2, 0.25) is 0 Å². The van der Waals surface area contributed by atoms with Crippen molar-refractivity contribution in [2.24, 2.45) is 5.92 Å². The first-order chi connectivity index (χ1) is 13.3. The Labute approximate surface area is 164 Å². The number of sulfone groups is 1. The molecule has 1 saturated heterocycles. The summed E-state index contributed by atoms with van der Waals surface area (Å²) in [6.45, 7) is 0.900. The molecule has 1 amide bonds. The summed E-state index contributed by atoms with van der Waals surface area (Å²) in [7, 11) is -1.14. The topological polar surface area (TPSA) is 63.7 Å². The molecule has 28 heavy (non-hydrogen) atoms. The summed E-state index contributed by atoms with van der Waals surface area (Å²) < 4.78 is 42.9. The molecule has 0 saturated carbocycles. The molecule has 7 heteroatoms. The van der Waals surface area contributed by atoms with Gasteiger partial charge in [-0.05, 0) is 59.7 Å². The lowest BCUT2D eigenvalue weighted by Crippen LogP contribution is -2.17. The van der Waals surface area contributed by atoms with E-state index in [0.29, 0.717) is 42.9 Å². The molecule has 0 radical (unpaired) electrons. The van der Waals surface area contributed by atoms with Crippen LogP contribution in [0, 0.1) is 11.7 Å². The van der Waals surface area contributed by atoms with Crippen LogP contribution in [0.3, 0.4) is 0 Å². The first kappa shape index (κ1) is 18.9. The van der Waals surface area contributed by atoms with Crippen molar-refractivity contribution in [3.05, 3.63) is 53.3 Å². The standard InChI is InChI=1S/C21H22FNO4S/c1-23-12-17-8-15(2-3-20(17)21(23)24)16-9-18(22)11-19(10-16)27-6-4-14-5-7-28(25,26)13-14/h2-3,8-11,14H,4-7,12-13H2,1H3. The highest BCUT2D eigenvalue weighted by molar-refractivity contribution is 7.91. The van der Waals surface area contributed by atoms with Gasteiger partial charge in [0.2, 0.25) is 0 Å². The summed E-state index contributed by atoms with van der Waals surface area (Å²) in [5.41, 5.74) is 3.13. The Morgan fingerprint density at radius 2 is 2.00 bits per heavy atom. The van der Waals surface area contributed by atoms with E-state index in [1.54, 1.807) is 24.1 Å². The third-order valence-electron chi connectivity index (χ3n) is 5.42. The van der Waals surface area contributed by atoms with Crippen LogP contribution < -0.4 is 4.74 Å². The Bertz CT molecular complexity index is 1030. The van der Waals surface area contributed by atoms with Crippen molar-refractivity contribution < 1.29 is 22.3 Å². The van der Waals surface area contributed by atoms with Crippen molar-refractivity contribution in [2.75, 3.05) is 25.2 Å². The second-order valence-electron chi connectivity index (χ2n) is 7.61. The molecule has 0 spiro atoms. The zero-order valence-electron chi connectivity index (χ0n) is 15.7. The molecule has 0 N–H and O–H groups in total. The summed E-state index contributed by atoms with van der Waals surface area (Å²) in [5.74, 6) is 0.599. The number of hydrogen-bond acceptors (Lipinski definition) is 4. The molecule has 0 bridgehead atoms. The van der Waals surface area contributed by atoms with Gasteiger partial charge in [-0.3, -0.25) is 4.79 Å². The van der Waals surface area contributed by atoms with Crippen molar-refractivity contribution in [2.45, 2.75) is 19.4 Å². The largest absolute Gasteiger partial charge is 0.493 e. The lowest BCUT2D eigenvalue weighted by Gasteiger charge is -2.12. The van der Waals surface area contributed by atoms with E-state index >= 15 is 0 Å². The molecule has 0 aliphatic carbocycles. The minimum absolute atomic E-state index is 0.00117. The second kappa shape index (κ2) is 7.20. The van der Waals surface area contributed by atoms with Crippen LogP contribution in [0.25, 0.3) is 11.1 Å². The summed E-state index contributed by atoms with van der Waals surface area (Å²) in [6.07, 6.45) is 1.31. The molecule has 5 nitrogen and oxygen atoms in total. The number of fused-ring (bicyclic) bond motifs is 1. The van der Waals surface area contributed by atoms with E-state index < -0.39 is 15.7 Å². The number of amides is 1. The van der Waals surface area contributed by atoms with Gasteiger partial charge in [-0.15, -0.1) is 0 Å². The second-order valence-corrected chi connectivity index (χ2v) is 9.84. The highest BCUT2D eigenvalue weighted by Crippen LogP contribution is 2.31. The van der Waals surface area contributed by atoms with Crippen molar-refractivity contribution in [1.82, 2.24) is 4.90 Å². The van der Waals surface area contributed by atoms with Crippen LogP contribution in [0.4, 0.5) is 4.39 Å². The van der Waals surface area contributed by atoms with Crippen LogP contribution in [-0.4, -0.2) is 44.4 Å². The van der Waals surface area contributed by atoms with Crippen LogP contribution >= 0.6 is 0 Å². The summed E-state index contributed by atoms with van der Waals surface area (Å²) >= 11 is 0. The molecular weight excluding hydrogens is 381 g/mol. The SMILES string of the molecule is CN1Cc2cc(-c3cc(F)cc(OCCC4CCS(=O)(=O)C4)c3)ccc2C1=O. The van der Waals surface area contributed by atoms with Gasteiger partial charge in [0, 0.05) is 25.2 Å². The van der Waals surface area contributed by atoms with E-state index in [9.17, 15) is 17.6 Å². The average molecular weight is 403 g/mol. The van der Waals surface area contributed by atoms with Crippen molar-refractivity contribution in [3.8, 4) is 16.9 Å². The Morgan fingerprint density at radius 3 is 2.75 bits per heavy atom. The zero-order valence-corrected chi connectivity index (χ0v) is 16.5. The normalized spacial score (nSPS) is 20.4. The van der Waals surface area contributed by atoms with Gasteiger partial charge in [-0.1, -0.05) is 6.07 Å². The van der Waals surface area contributed by atoms with Gasteiger partial charge in [-0.25, -0.2) is 12.8 Å². The molecular formula is C21H22FNO4S. The van der Waals surface area contributed by atoms with Gasteiger partial charge in [-0.2, -0.15) is 0 Å². The number of ether oxygens (including phenoxy) is 1. The van der Waals surface area contributed by atoms with Crippen molar-refractivity contribution in [1.29, 1.82) is 0 Å². The van der Waals surface area contributed by atoms with E-state index in [1.165, 1.54) is 12.1 Å². The maximum atomic E-state index is 14.1. The number of benzene rings is 2. The molecule has 2 heterocycles. The minimum Gasteiger partial charge on any atom is -0.493 e. The number of nitrogens with zero attached hydrogens (tertiary/aromatic N) is 1. The van der Waals surface area contributed by atoms with Gasteiger partial charge < -0.3 is 9.64 Å². The fourth-order valence-corrected chi connectivity index (χ4v) is 5.81. The first-order valence-corrected chi connectivity index (χ1v) is 11.2. The van der Waals surface area contributed by atoms with E-state index in [-0.39, 0.29) is 23.3 Å². The van der Waals surface area contributed by atoms with Crippen LogP contribution in [-0.2, 0) is 16.4 Å². The maximum Gasteiger partial charge on any atom is 0.254 e. The molecule has 0 aromatic heterocycles. The maximum absolute atomic E-state index is 14.1. The number of carbonyl (C=O) groups is 1. The lowest BCUT2D eigenvalue weighted by atomic mass is 10.00. The fourth-order valence-electron chi connectivity index (χ4n) is 3.90. The molecule has 1 fully saturated rings. The van der Waals surface area contributed by atoms with E-state index in [2.05, 4.69) is 0 Å². The average Bonchev–Trinajstić information content (AvgIpc) is 3.13. The van der Waals surface area contributed by atoms with Crippen LogP contribution in [0.5, 0.6) is 5.75 Å². The molecule has 1 atom stereocenters. The molecule has 2 aliphatic heterocycles. The van der Waals surface area contributed by atoms with Crippen LogP contribution in [0.15, 0.2) is 36.4 Å². The molecule has 2 aromatic carbocycles. The monoisotopic (exact) mass is 403 g/mol. The highest BCUT2D eigenvalue weighted by Gasteiger charge is 2.27. The number of hydrogen-bond donors (Lipinski definition) is 0. The lowest BCUT2D eigenvalue weighted by molar-refractivity contribution is 0.0816. The number of rotatable bonds is 5. The predicted octanol–water partition coefficient (Wildman–Crippen LogP) is 3.28. The van der Waals surface area contributed by atoms with Crippen LogP contribution in [0.1, 0.15) is 28.8 Å². The van der Waals surface area contributed by atoms with Gasteiger partial charge in [0.05, 0.1) is 18.1 Å². The molecule has 2 aliphatic rings. The molecule has 1 unspecified atom stereocenters. The predicted molar refractivity (Wildman–Crippen MR) is 105 cm³/mol. The minimum atomic E-state index is -2.90. The van der Waals surface area contributed by atoms with Gasteiger partial charge in [0.25, 0.3) is 5.91 Å². The van der Waals surface area contributed by atoms with Crippen molar-refractivity contribution in [3.63, 3.8) is 0 Å². The van der Waals surface area contributed by atoms with Gasteiger partial charge >= 0.3 is 0 Å². The quantitative estimate of drug-likeness (QED) is 0.769. The Hall–Kier alpha value is -2.41. The molecule has 4 rings (SSSR count). The first-order valence-electron chi connectivity index (χ1n) is 9.33. The van der Waals surface area contributed by atoms with E-state index in [1.807, 2.05) is 12.1 Å². The number of carbonyl (C=O) groups excluding carboxylic acids is 1. The van der Waals surface area contributed by atoms with E-state index in [0.717, 1.165) is 11.1 Å². The number of halogens is 1. The summed E-state index contributed by atoms with van der Waals surface area (Å²) in [4.78, 5) is 13.7. The summed E-state index contributed by atoms with van der Waals surface area (Å²) in [5, 5.41) is 0.